The molecule has 120 valence electrons. The highest BCUT2D eigenvalue weighted by molar-refractivity contribution is 7.91. The molecule has 0 saturated carbocycles. The Kier molecular flexibility index (Phi) is 5.13. The summed E-state index contributed by atoms with van der Waals surface area (Å²) in [6.45, 7) is 4.15. The molecule has 2 aromatic rings. The van der Waals surface area contributed by atoms with Crippen molar-refractivity contribution >= 4 is 27.3 Å². The molecule has 2 N–H and O–H groups in total. The third kappa shape index (κ3) is 3.96. The summed E-state index contributed by atoms with van der Waals surface area (Å²) in [5.41, 5.74) is 1.02. The van der Waals surface area contributed by atoms with E-state index in [1.165, 1.54) is 18.3 Å². The number of benzene rings is 1. The minimum atomic E-state index is -3.22. The molecule has 0 spiro atoms. The smallest absolute Gasteiger partial charge is 0.229 e. The molecular weight excluding hydrogens is 314 g/mol. The lowest BCUT2D eigenvalue weighted by atomic mass is 10.3. The third-order valence-corrected chi connectivity index (χ3v) is 4.85. The largest absolute Gasteiger partial charge is 0.369 e. The average Bonchev–Trinajstić information content (AvgIpc) is 2.56. The van der Waals surface area contributed by atoms with Gasteiger partial charge < -0.3 is 10.6 Å². The molecular formula is C15H17N5O2S. The molecule has 1 aromatic carbocycles. The van der Waals surface area contributed by atoms with Gasteiger partial charge in [0.05, 0.1) is 16.8 Å². The Morgan fingerprint density at radius 3 is 2.48 bits per heavy atom. The SMILES string of the molecule is CCNc1nc(Nc2ccc(S(=O)(=O)CC)cc2)ncc1C#N. The van der Waals surface area contributed by atoms with Gasteiger partial charge in [-0.2, -0.15) is 10.2 Å². The first-order chi connectivity index (χ1) is 11.0. The summed E-state index contributed by atoms with van der Waals surface area (Å²) in [7, 11) is -3.22. The fraction of sp³-hybridized carbons (Fsp3) is 0.267. The van der Waals surface area contributed by atoms with Gasteiger partial charge in [-0.1, -0.05) is 6.92 Å². The van der Waals surface area contributed by atoms with E-state index in [2.05, 4.69) is 20.6 Å². The van der Waals surface area contributed by atoms with E-state index in [1.807, 2.05) is 13.0 Å². The maximum Gasteiger partial charge on any atom is 0.229 e. The van der Waals surface area contributed by atoms with E-state index in [-0.39, 0.29) is 10.6 Å². The summed E-state index contributed by atoms with van der Waals surface area (Å²) in [5.74, 6) is 0.841. The molecule has 0 bridgehead atoms. The van der Waals surface area contributed by atoms with Crippen LogP contribution < -0.4 is 10.6 Å². The molecule has 0 saturated heterocycles. The lowest BCUT2D eigenvalue weighted by Gasteiger charge is -2.09. The molecule has 0 aliphatic heterocycles. The normalized spacial score (nSPS) is 10.8. The van der Waals surface area contributed by atoms with Gasteiger partial charge in [0.15, 0.2) is 9.84 Å². The van der Waals surface area contributed by atoms with Crippen molar-refractivity contribution in [3.05, 3.63) is 36.0 Å². The van der Waals surface area contributed by atoms with Crippen LogP contribution in [0.3, 0.4) is 0 Å². The van der Waals surface area contributed by atoms with Crippen LogP contribution in [0.15, 0.2) is 35.4 Å². The summed E-state index contributed by atoms with van der Waals surface area (Å²) >= 11 is 0. The van der Waals surface area contributed by atoms with Crippen LogP contribution in [-0.2, 0) is 9.84 Å². The van der Waals surface area contributed by atoms with Crippen LogP contribution in [0, 0.1) is 11.3 Å². The number of anilines is 3. The zero-order valence-electron chi connectivity index (χ0n) is 12.9. The van der Waals surface area contributed by atoms with E-state index in [0.29, 0.717) is 29.6 Å². The Hall–Kier alpha value is -2.66. The Morgan fingerprint density at radius 2 is 1.91 bits per heavy atom. The minimum Gasteiger partial charge on any atom is -0.369 e. The molecule has 1 aromatic heterocycles. The van der Waals surface area contributed by atoms with Gasteiger partial charge in [0, 0.05) is 12.2 Å². The molecule has 0 fully saturated rings. The predicted molar refractivity (Wildman–Crippen MR) is 88.4 cm³/mol. The number of nitrogens with one attached hydrogen (secondary N) is 2. The number of sulfone groups is 1. The fourth-order valence-corrected chi connectivity index (χ4v) is 2.75. The molecule has 0 aliphatic carbocycles. The van der Waals surface area contributed by atoms with Crippen molar-refractivity contribution in [2.45, 2.75) is 18.7 Å². The number of nitriles is 1. The van der Waals surface area contributed by atoms with Crippen molar-refractivity contribution in [2.75, 3.05) is 22.9 Å². The van der Waals surface area contributed by atoms with Gasteiger partial charge >= 0.3 is 0 Å². The zero-order chi connectivity index (χ0) is 16.9. The number of aromatic nitrogens is 2. The minimum absolute atomic E-state index is 0.0601. The summed E-state index contributed by atoms with van der Waals surface area (Å²) < 4.78 is 23.5. The molecule has 0 unspecified atom stereocenters. The lowest BCUT2D eigenvalue weighted by molar-refractivity contribution is 0.597. The molecule has 0 radical (unpaired) electrons. The number of hydrogen-bond donors (Lipinski definition) is 2. The van der Waals surface area contributed by atoms with Crippen molar-refractivity contribution in [2.24, 2.45) is 0 Å². The summed E-state index contributed by atoms with van der Waals surface area (Å²) in [6.07, 6.45) is 1.43. The molecule has 0 amide bonds. The van der Waals surface area contributed by atoms with Gasteiger partial charge in [-0.3, -0.25) is 0 Å². The fourth-order valence-electron chi connectivity index (χ4n) is 1.87. The van der Waals surface area contributed by atoms with Crippen molar-refractivity contribution in [3.8, 4) is 6.07 Å². The van der Waals surface area contributed by atoms with Crippen molar-refractivity contribution in [1.29, 1.82) is 5.26 Å². The van der Waals surface area contributed by atoms with Gasteiger partial charge in [0.25, 0.3) is 0 Å². The van der Waals surface area contributed by atoms with Gasteiger partial charge in [-0.15, -0.1) is 0 Å². The maximum atomic E-state index is 11.8. The van der Waals surface area contributed by atoms with E-state index in [1.54, 1.807) is 19.1 Å². The second kappa shape index (κ2) is 7.07. The van der Waals surface area contributed by atoms with Gasteiger partial charge in [-0.05, 0) is 31.2 Å². The van der Waals surface area contributed by atoms with E-state index in [9.17, 15) is 8.42 Å². The highest BCUT2D eigenvalue weighted by Crippen LogP contribution is 2.19. The first kappa shape index (κ1) is 16.7. The van der Waals surface area contributed by atoms with E-state index < -0.39 is 9.84 Å². The molecule has 23 heavy (non-hydrogen) atoms. The van der Waals surface area contributed by atoms with Gasteiger partial charge in [-0.25, -0.2) is 13.4 Å². The first-order valence-corrected chi connectivity index (χ1v) is 8.76. The first-order valence-electron chi connectivity index (χ1n) is 7.11. The van der Waals surface area contributed by atoms with Crippen LogP contribution in [0.1, 0.15) is 19.4 Å². The zero-order valence-corrected chi connectivity index (χ0v) is 13.7. The number of rotatable bonds is 6. The molecule has 2 rings (SSSR count). The van der Waals surface area contributed by atoms with Crippen molar-refractivity contribution in [1.82, 2.24) is 9.97 Å². The molecule has 1 heterocycles. The van der Waals surface area contributed by atoms with Gasteiger partial charge in [0.1, 0.15) is 17.5 Å². The summed E-state index contributed by atoms with van der Waals surface area (Å²) in [5, 5.41) is 15.0. The highest BCUT2D eigenvalue weighted by Gasteiger charge is 2.11. The number of nitrogens with zero attached hydrogens (tertiary/aromatic N) is 3. The Balaban J connectivity index is 2.23. The summed E-state index contributed by atoms with van der Waals surface area (Å²) in [4.78, 5) is 8.59. The van der Waals surface area contributed by atoms with E-state index in [4.69, 9.17) is 5.26 Å². The lowest BCUT2D eigenvalue weighted by Crippen LogP contribution is -2.06. The second-order valence-corrected chi connectivity index (χ2v) is 6.93. The Morgan fingerprint density at radius 1 is 1.22 bits per heavy atom. The summed E-state index contributed by atoms with van der Waals surface area (Å²) in [6, 6.07) is 8.40. The van der Waals surface area contributed by atoms with Crippen LogP contribution in [0.5, 0.6) is 0 Å². The maximum absolute atomic E-state index is 11.8. The standard InChI is InChI=1S/C15H17N5O2S/c1-3-17-14-11(9-16)10-18-15(20-14)19-12-5-7-13(8-6-12)23(21,22)4-2/h5-8,10H,3-4H2,1-2H3,(H2,17,18,19,20). The highest BCUT2D eigenvalue weighted by atomic mass is 32.2. The van der Waals surface area contributed by atoms with Crippen LogP contribution >= 0.6 is 0 Å². The van der Waals surface area contributed by atoms with E-state index >= 15 is 0 Å². The predicted octanol–water partition coefficient (Wildman–Crippen LogP) is 2.32. The Labute approximate surface area is 135 Å². The second-order valence-electron chi connectivity index (χ2n) is 4.65. The molecule has 7 nitrogen and oxygen atoms in total. The molecule has 0 aliphatic rings. The van der Waals surface area contributed by atoms with Crippen molar-refractivity contribution < 1.29 is 8.42 Å². The van der Waals surface area contributed by atoms with Crippen LogP contribution in [0.25, 0.3) is 0 Å². The molecule has 8 heteroatoms. The quantitative estimate of drug-likeness (QED) is 0.836. The van der Waals surface area contributed by atoms with Gasteiger partial charge in [0.2, 0.25) is 5.95 Å². The van der Waals surface area contributed by atoms with Crippen molar-refractivity contribution in [3.63, 3.8) is 0 Å². The average molecular weight is 331 g/mol. The van der Waals surface area contributed by atoms with Crippen LogP contribution in [-0.4, -0.2) is 30.7 Å². The van der Waals surface area contributed by atoms with Crippen LogP contribution in [0.4, 0.5) is 17.5 Å². The van der Waals surface area contributed by atoms with E-state index in [0.717, 1.165) is 0 Å². The van der Waals surface area contributed by atoms with Crippen LogP contribution in [0.2, 0.25) is 0 Å². The monoisotopic (exact) mass is 331 g/mol. The Bertz CT molecular complexity index is 826. The topological polar surface area (TPSA) is 108 Å². The number of hydrogen-bond acceptors (Lipinski definition) is 7. The third-order valence-electron chi connectivity index (χ3n) is 3.10. The molecule has 0 atom stereocenters.